The van der Waals surface area contributed by atoms with Crippen LogP contribution in [0.4, 0.5) is 0 Å². The van der Waals surface area contributed by atoms with E-state index >= 15 is 0 Å². The Bertz CT molecular complexity index is 584. The molecule has 1 aromatic carbocycles. The van der Waals surface area contributed by atoms with Crippen molar-refractivity contribution in [1.82, 2.24) is 4.90 Å². The van der Waals surface area contributed by atoms with Crippen LogP contribution in [0.2, 0.25) is 0 Å². The molecule has 23 heavy (non-hydrogen) atoms. The lowest BCUT2D eigenvalue weighted by Gasteiger charge is -2.36. The van der Waals surface area contributed by atoms with Crippen LogP contribution in [0, 0.1) is 5.92 Å². The van der Waals surface area contributed by atoms with Gasteiger partial charge in [-0.3, -0.25) is 9.59 Å². The van der Waals surface area contributed by atoms with Crippen LogP contribution in [0.25, 0.3) is 0 Å². The molecule has 3 rings (SSSR count). The number of hydrogen-bond donors (Lipinski definition) is 1. The van der Waals surface area contributed by atoms with E-state index in [0.717, 1.165) is 6.42 Å². The number of thioether (sulfide) groups is 2. The molecule has 124 valence electrons. The Kier molecular flexibility index (Phi) is 5.21. The van der Waals surface area contributed by atoms with E-state index in [4.69, 9.17) is 0 Å². The lowest BCUT2D eigenvalue weighted by molar-refractivity contribution is -0.143. The minimum Gasteiger partial charge on any atom is -0.481 e. The molecule has 2 unspecified atom stereocenters. The van der Waals surface area contributed by atoms with Gasteiger partial charge in [0.1, 0.15) is 0 Å². The first-order valence-electron chi connectivity index (χ1n) is 7.93. The molecule has 4 nitrogen and oxygen atoms in total. The van der Waals surface area contributed by atoms with Crippen molar-refractivity contribution in [3.63, 3.8) is 0 Å². The minimum atomic E-state index is -0.805. The van der Waals surface area contributed by atoms with Gasteiger partial charge in [-0.1, -0.05) is 12.1 Å². The first kappa shape index (κ1) is 16.7. The van der Waals surface area contributed by atoms with Crippen molar-refractivity contribution in [2.45, 2.75) is 30.4 Å². The highest BCUT2D eigenvalue weighted by Crippen LogP contribution is 2.45. The molecule has 0 spiro atoms. The summed E-state index contributed by atoms with van der Waals surface area (Å²) < 4.78 is 0.476. The Balaban J connectivity index is 1.72. The van der Waals surface area contributed by atoms with Gasteiger partial charge in [0.25, 0.3) is 5.91 Å². The van der Waals surface area contributed by atoms with Crippen molar-refractivity contribution in [2.24, 2.45) is 5.92 Å². The highest BCUT2D eigenvalue weighted by molar-refractivity contribution is 8.19. The Morgan fingerprint density at radius 2 is 1.78 bits per heavy atom. The number of carbonyl (C=O) groups excluding carboxylic acids is 1. The molecule has 0 aromatic heterocycles. The van der Waals surface area contributed by atoms with Crippen molar-refractivity contribution >= 4 is 35.4 Å². The molecule has 2 aliphatic heterocycles. The lowest BCUT2D eigenvalue weighted by Crippen LogP contribution is -2.47. The summed E-state index contributed by atoms with van der Waals surface area (Å²) in [6.07, 6.45) is 1.39. The second-order valence-corrected chi connectivity index (χ2v) is 8.84. The number of benzene rings is 1. The van der Waals surface area contributed by atoms with Gasteiger partial charge in [0.05, 0.1) is 10.5 Å². The fourth-order valence-corrected chi connectivity index (χ4v) is 5.95. The highest BCUT2D eigenvalue weighted by atomic mass is 32.2. The maximum atomic E-state index is 12.7. The Morgan fingerprint density at radius 3 is 2.39 bits per heavy atom. The Labute approximate surface area is 145 Å². The van der Waals surface area contributed by atoms with Gasteiger partial charge in [-0.15, -0.1) is 23.5 Å². The average molecular weight is 351 g/mol. The zero-order valence-electron chi connectivity index (χ0n) is 13.1. The molecule has 0 saturated carbocycles. The van der Waals surface area contributed by atoms with Crippen molar-refractivity contribution in [1.29, 1.82) is 0 Å². The first-order chi connectivity index (χ1) is 11.1. The fourth-order valence-electron chi connectivity index (χ4n) is 3.09. The quantitative estimate of drug-likeness (QED) is 0.903. The third-order valence-corrected chi connectivity index (χ3v) is 7.65. The molecule has 1 N–H and O–H groups in total. The van der Waals surface area contributed by atoms with E-state index in [1.54, 1.807) is 4.90 Å². The van der Waals surface area contributed by atoms with Gasteiger partial charge in [0.2, 0.25) is 0 Å². The zero-order valence-corrected chi connectivity index (χ0v) is 14.7. The van der Waals surface area contributed by atoms with Crippen LogP contribution in [0.15, 0.2) is 24.3 Å². The van der Waals surface area contributed by atoms with E-state index in [9.17, 15) is 14.7 Å². The predicted octanol–water partition coefficient (Wildman–Crippen LogP) is 3.49. The van der Waals surface area contributed by atoms with Crippen molar-refractivity contribution < 1.29 is 14.7 Å². The molecule has 2 saturated heterocycles. The molecule has 0 aliphatic carbocycles. The summed E-state index contributed by atoms with van der Waals surface area (Å²) in [7, 11) is 0. The lowest BCUT2D eigenvalue weighted by atomic mass is 9.93. The molecule has 1 aromatic rings. The SMILES string of the molecule is CC1CCC(C(=O)O)CN1C(=O)c1ccc(C2SCCS2)cc1. The average Bonchev–Trinajstić information content (AvgIpc) is 3.09. The van der Waals surface area contributed by atoms with E-state index in [0.29, 0.717) is 23.1 Å². The topological polar surface area (TPSA) is 57.6 Å². The smallest absolute Gasteiger partial charge is 0.308 e. The maximum Gasteiger partial charge on any atom is 0.308 e. The largest absolute Gasteiger partial charge is 0.481 e. The van der Waals surface area contributed by atoms with Crippen molar-refractivity contribution in [3.05, 3.63) is 35.4 Å². The molecular weight excluding hydrogens is 330 g/mol. The van der Waals surface area contributed by atoms with E-state index in [1.807, 2.05) is 54.7 Å². The van der Waals surface area contributed by atoms with Gasteiger partial charge >= 0.3 is 5.97 Å². The van der Waals surface area contributed by atoms with E-state index in [1.165, 1.54) is 17.1 Å². The van der Waals surface area contributed by atoms with Crippen LogP contribution in [0.3, 0.4) is 0 Å². The van der Waals surface area contributed by atoms with Crippen molar-refractivity contribution in [3.8, 4) is 0 Å². The highest BCUT2D eigenvalue weighted by Gasteiger charge is 2.33. The zero-order chi connectivity index (χ0) is 16.4. The van der Waals surface area contributed by atoms with Crippen LogP contribution in [-0.4, -0.2) is 46.0 Å². The number of rotatable bonds is 3. The summed E-state index contributed by atoms with van der Waals surface area (Å²) in [6.45, 7) is 2.31. The minimum absolute atomic E-state index is 0.0540. The van der Waals surface area contributed by atoms with Crippen LogP contribution >= 0.6 is 23.5 Å². The number of hydrogen-bond acceptors (Lipinski definition) is 4. The number of carboxylic acids is 1. The van der Waals surface area contributed by atoms with Crippen LogP contribution in [0.5, 0.6) is 0 Å². The second kappa shape index (κ2) is 7.18. The van der Waals surface area contributed by atoms with Gasteiger partial charge < -0.3 is 10.0 Å². The third kappa shape index (κ3) is 3.69. The normalized spacial score (nSPS) is 25.5. The molecule has 2 heterocycles. The number of aliphatic carboxylic acids is 1. The Hall–Kier alpha value is -1.14. The number of amides is 1. The molecule has 1 amide bonds. The molecule has 2 atom stereocenters. The Morgan fingerprint density at radius 1 is 1.13 bits per heavy atom. The number of nitrogens with zero attached hydrogens (tertiary/aromatic N) is 1. The predicted molar refractivity (Wildman–Crippen MR) is 95.0 cm³/mol. The van der Waals surface area contributed by atoms with Crippen LogP contribution in [0.1, 0.15) is 40.3 Å². The summed E-state index contributed by atoms with van der Waals surface area (Å²) in [6, 6.07) is 7.93. The van der Waals surface area contributed by atoms with Crippen LogP contribution in [-0.2, 0) is 4.79 Å². The molecule has 6 heteroatoms. The molecule has 0 bridgehead atoms. The van der Waals surface area contributed by atoms with Gasteiger partial charge in [0, 0.05) is 29.7 Å². The molecular formula is C17H21NO3S2. The molecule has 2 aliphatic rings. The standard InChI is InChI=1S/C17H21NO3S2/c1-11-2-3-14(16(20)21)10-18(11)15(19)12-4-6-13(7-5-12)17-22-8-9-23-17/h4-7,11,14,17H,2-3,8-10H2,1H3,(H,20,21). The summed E-state index contributed by atoms with van der Waals surface area (Å²) in [5.41, 5.74) is 1.91. The van der Waals surface area contributed by atoms with Gasteiger partial charge in [0.15, 0.2) is 0 Å². The fraction of sp³-hybridized carbons (Fsp3) is 0.529. The molecule has 0 radical (unpaired) electrons. The number of carboxylic acid groups (broad SMARTS) is 1. The van der Waals surface area contributed by atoms with E-state index in [-0.39, 0.29) is 11.9 Å². The number of carbonyl (C=O) groups is 2. The van der Waals surface area contributed by atoms with Crippen LogP contribution < -0.4 is 0 Å². The third-order valence-electron chi connectivity index (χ3n) is 4.54. The van der Waals surface area contributed by atoms with E-state index < -0.39 is 11.9 Å². The molecule has 2 fully saturated rings. The van der Waals surface area contributed by atoms with Crippen molar-refractivity contribution in [2.75, 3.05) is 18.1 Å². The van der Waals surface area contributed by atoms with E-state index in [2.05, 4.69) is 0 Å². The van der Waals surface area contributed by atoms with Gasteiger partial charge in [-0.25, -0.2) is 0 Å². The second-order valence-electron chi connectivity index (χ2n) is 6.11. The van der Waals surface area contributed by atoms with Gasteiger partial charge in [-0.05, 0) is 37.5 Å². The summed E-state index contributed by atoms with van der Waals surface area (Å²) in [4.78, 5) is 25.7. The van der Waals surface area contributed by atoms with Gasteiger partial charge in [-0.2, -0.15) is 0 Å². The summed E-state index contributed by atoms with van der Waals surface area (Å²) in [5.74, 6) is 1.05. The first-order valence-corrected chi connectivity index (χ1v) is 10.0. The number of likely N-dealkylation sites (tertiary alicyclic amines) is 1. The number of piperidine rings is 1. The maximum absolute atomic E-state index is 12.7. The monoisotopic (exact) mass is 351 g/mol. The summed E-state index contributed by atoms with van der Waals surface area (Å²) in [5, 5.41) is 9.21. The summed E-state index contributed by atoms with van der Waals surface area (Å²) >= 11 is 3.89.